The van der Waals surface area contributed by atoms with Gasteiger partial charge in [-0.25, -0.2) is 5.01 Å². The van der Waals surface area contributed by atoms with Crippen LogP contribution in [0.5, 0.6) is 0 Å². The summed E-state index contributed by atoms with van der Waals surface area (Å²) in [5, 5.41) is 14.2. The number of hydrazine groups is 1. The third kappa shape index (κ3) is 3.39. The monoisotopic (exact) mass is 418 g/mol. The van der Waals surface area contributed by atoms with Crippen molar-refractivity contribution in [1.29, 1.82) is 5.26 Å². The molecule has 30 heavy (non-hydrogen) atoms. The number of carbonyl (C=O) groups excluding carboxylic acids is 1. The summed E-state index contributed by atoms with van der Waals surface area (Å²) < 4.78 is 0. The molecule has 0 radical (unpaired) electrons. The van der Waals surface area contributed by atoms with Crippen LogP contribution in [-0.2, 0) is 4.79 Å². The maximum absolute atomic E-state index is 13.5. The first-order valence-electron chi connectivity index (χ1n) is 9.86. The van der Waals surface area contributed by atoms with E-state index in [-0.39, 0.29) is 11.7 Å². The van der Waals surface area contributed by atoms with Crippen LogP contribution in [0.1, 0.15) is 35.8 Å². The lowest BCUT2D eigenvalue weighted by Gasteiger charge is -2.43. The van der Waals surface area contributed by atoms with Crippen LogP contribution in [0.2, 0.25) is 5.02 Å². The molecule has 2 N–H and O–H groups in total. The molecule has 0 saturated carbocycles. The molecule has 0 bridgehead atoms. The van der Waals surface area contributed by atoms with Crippen LogP contribution in [0.15, 0.2) is 77.3 Å². The Morgan fingerprint density at radius 1 is 1.10 bits per heavy atom. The standard InChI is InChI=1S/C24H23ClN4O/c1-28(2)29-20-12-17(15-7-4-3-5-8-15)13-21(30)23(20)22(19(14-26)24(29)27)16-9-6-10-18(25)11-16/h3-11,17,22H,12-13,27H2,1-2H3/t17-,22+/m1/s1. The van der Waals surface area contributed by atoms with Crippen LogP contribution < -0.4 is 5.73 Å². The summed E-state index contributed by atoms with van der Waals surface area (Å²) in [6, 6.07) is 19.6. The molecule has 1 heterocycles. The van der Waals surface area contributed by atoms with Gasteiger partial charge in [-0.05, 0) is 35.6 Å². The summed E-state index contributed by atoms with van der Waals surface area (Å²) in [5.74, 6) is -0.0459. The van der Waals surface area contributed by atoms with E-state index in [1.165, 1.54) is 0 Å². The highest BCUT2D eigenvalue weighted by Gasteiger charge is 2.43. The number of halogens is 1. The molecule has 2 aromatic rings. The fraction of sp³-hybridized carbons (Fsp3) is 0.250. The third-order valence-electron chi connectivity index (χ3n) is 5.79. The third-order valence-corrected chi connectivity index (χ3v) is 6.03. The number of allylic oxidation sites excluding steroid dienone is 3. The van der Waals surface area contributed by atoms with Crippen molar-refractivity contribution in [3.05, 3.63) is 93.4 Å². The second-order valence-electron chi connectivity index (χ2n) is 7.86. The zero-order valence-corrected chi connectivity index (χ0v) is 17.7. The Labute approximate surface area is 181 Å². The van der Waals surface area contributed by atoms with Gasteiger partial charge in [-0.3, -0.25) is 9.80 Å². The van der Waals surface area contributed by atoms with Gasteiger partial charge in [0.15, 0.2) is 5.78 Å². The van der Waals surface area contributed by atoms with Crippen LogP contribution in [0.25, 0.3) is 0 Å². The zero-order valence-electron chi connectivity index (χ0n) is 17.0. The van der Waals surface area contributed by atoms with Gasteiger partial charge in [-0.15, -0.1) is 0 Å². The number of hydrogen-bond acceptors (Lipinski definition) is 5. The summed E-state index contributed by atoms with van der Waals surface area (Å²) in [4.78, 5) is 13.5. The molecule has 0 unspecified atom stereocenters. The van der Waals surface area contributed by atoms with E-state index in [2.05, 4.69) is 18.2 Å². The van der Waals surface area contributed by atoms with Gasteiger partial charge in [0.1, 0.15) is 5.82 Å². The molecular weight excluding hydrogens is 396 g/mol. The number of nitrogens with zero attached hydrogens (tertiary/aromatic N) is 3. The van der Waals surface area contributed by atoms with E-state index in [9.17, 15) is 10.1 Å². The molecule has 0 spiro atoms. The number of hydrogen-bond donors (Lipinski definition) is 1. The number of benzene rings is 2. The van der Waals surface area contributed by atoms with Crippen LogP contribution in [0.3, 0.4) is 0 Å². The number of nitrogens with two attached hydrogens (primary N) is 1. The zero-order chi connectivity index (χ0) is 21.4. The lowest BCUT2D eigenvalue weighted by Crippen LogP contribution is -2.46. The number of carbonyl (C=O) groups is 1. The summed E-state index contributed by atoms with van der Waals surface area (Å²) >= 11 is 6.24. The molecule has 6 heteroatoms. The lowest BCUT2D eigenvalue weighted by atomic mass is 9.72. The molecule has 152 valence electrons. The normalized spacial score (nSPS) is 21.7. The Balaban J connectivity index is 1.90. The number of Topliss-reactive ketones (excluding diaryl/α,β-unsaturated/α-hetero) is 1. The van der Waals surface area contributed by atoms with Crippen LogP contribution in [0, 0.1) is 11.3 Å². The van der Waals surface area contributed by atoms with Crippen molar-refractivity contribution in [2.24, 2.45) is 5.73 Å². The summed E-state index contributed by atoms with van der Waals surface area (Å²) in [5.41, 5.74) is 10.3. The average molecular weight is 419 g/mol. The van der Waals surface area contributed by atoms with Crippen molar-refractivity contribution in [2.75, 3.05) is 14.1 Å². The van der Waals surface area contributed by atoms with Crippen molar-refractivity contribution >= 4 is 17.4 Å². The van der Waals surface area contributed by atoms with E-state index in [1.54, 1.807) is 6.07 Å². The Hall–Kier alpha value is -3.07. The first-order chi connectivity index (χ1) is 14.4. The Kier molecular flexibility index (Phi) is 5.38. The van der Waals surface area contributed by atoms with E-state index in [1.807, 2.05) is 60.5 Å². The van der Waals surface area contributed by atoms with Gasteiger partial charge in [0.25, 0.3) is 0 Å². The van der Waals surface area contributed by atoms with E-state index in [4.69, 9.17) is 17.3 Å². The first-order valence-corrected chi connectivity index (χ1v) is 10.2. The highest BCUT2D eigenvalue weighted by molar-refractivity contribution is 6.30. The van der Waals surface area contributed by atoms with Crippen LogP contribution in [-0.4, -0.2) is 29.9 Å². The topological polar surface area (TPSA) is 73.4 Å². The summed E-state index contributed by atoms with van der Waals surface area (Å²) in [6.45, 7) is 0. The van der Waals surface area contributed by atoms with E-state index < -0.39 is 5.92 Å². The largest absolute Gasteiger partial charge is 0.383 e. The molecule has 0 saturated heterocycles. The second kappa shape index (κ2) is 7.98. The Morgan fingerprint density at radius 2 is 1.80 bits per heavy atom. The highest BCUT2D eigenvalue weighted by atomic mass is 35.5. The fourth-order valence-corrected chi connectivity index (χ4v) is 4.75. The van der Waals surface area contributed by atoms with Gasteiger partial charge in [0.05, 0.1) is 17.6 Å². The molecular formula is C24H23ClN4O. The van der Waals surface area contributed by atoms with Crippen LogP contribution >= 0.6 is 11.6 Å². The van der Waals surface area contributed by atoms with Crippen molar-refractivity contribution < 1.29 is 4.79 Å². The van der Waals surface area contributed by atoms with Crippen LogP contribution in [0.4, 0.5) is 0 Å². The van der Waals surface area contributed by atoms with E-state index in [0.717, 1.165) is 16.8 Å². The SMILES string of the molecule is CN(C)N1C(N)=C(C#N)[C@H](c2cccc(Cl)c2)C2=C1C[C@@H](c1ccccc1)CC2=O. The molecule has 4 rings (SSSR count). The second-order valence-corrected chi connectivity index (χ2v) is 8.29. The van der Waals surface area contributed by atoms with Gasteiger partial charge in [0, 0.05) is 36.8 Å². The minimum absolute atomic E-state index is 0.0437. The number of nitriles is 1. The molecule has 2 aliphatic rings. The lowest BCUT2D eigenvalue weighted by molar-refractivity contribution is -0.117. The molecule has 2 atom stereocenters. The number of rotatable bonds is 3. The molecule has 0 fully saturated rings. The highest BCUT2D eigenvalue weighted by Crippen LogP contribution is 2.48. The summed E-state index contributed by atoms with van der Waals surface area (Å²) in [7, 11) is 3.73. The van der Waals surface area contributed by atoms with Crippen molar-refractivity contribution in [2.45, 2.75) is 24.7 Å². The fourth-order valence-electron chi connectivity index (χ4n) is 4.55. The average Bonchev–Trinajstić information content (AvgIpc) is 2.73. The van der Waals surface area contributed by atoms with Crippen molar-refractivity contribution in [1.82, 2.24) is 10.0 Å². The van der Waals surface area contributed by atoms with Crippen molar-refractivity contribution in [3.8, 4) is 6.07 Å². The minimum Gasteiger partial charge on any atom is -0.383 e. The first kappa shape index (κ1) is 20.2. The summed E-state index contributed by atoms with van der Waals surface area (Å²) in [6.07, 6.45) is 1.07. The maximum atomic E-state index is 13.5. The molecule has 1 aliphatic heterocycles. The number of ketones is 1. The molecule has 2 aromatic carbocycles. The minimum atomic E-state index is -0.510. The van der Waals surface area contributed by atoms with E-state index >= 15 is 0 Å². The molecule has 5 nitrogen and oxygen atoms in total. The van der Waals surface area contributed by atoms with E-state index in [0.29, 0.717) is 34.8 Å². The smallest absolute Gasteiger partial charge is 0.162 e. The van der Waals surface area contributed by atoms with Gasteiger partial charge >= 0.3 is 0 Å². The maximum Gasteiger partial charge on any atom is 0.162 e. The molecule has 1 aliphatic carbocycles. The molecule has 0 aromatic heterocycles. The quantitative estimate of drug-likeness (QED) is 0.803. The predicted molar refractivity (Wildman–Crippen MR) is 117 cm³/mol. The van der Waals surface area contributed by atoms with Gasteiger partial charge in [-0.2, -0.15) is 5.26 Å². The predicted octanol–water partition coefficient (Wildman–Crippen LogP) is 4.31. The van der Waals surface area contributed by atoms with Crippen molar-refractivity contribution in [3.63, 3.8) is 0 Å². The van der Waals surface area contributed by atoms with Gasteiger partial charge < -0.3 is 5.73 Å². The molecule has 0 amide bonds. The van der Waals surface area contributed by atoms with Gasteiger partial charge in [0.2, 0.25) is 0 Å². The Bertz CT molecular complexity index is 1100. The van der Waals surface area contributed by atoms with Gasteiger partial charge in [-0.1, -0.05) is 54.1 Å². The Morgan fingerprint density at radius 3 is 2.43 bits per heavy atom.